The van der Waals surface area contributed by atoms with Gasteiger partial charge >= 0.3 is 0 Å². The topological polar surface area (TPSA) is 86.8 Å². The second-order valence-corrected chi connectivity index (χ2v) is 11.0. The summed E-state index contributed by atoms with van der Waals surface area (Å²) >= 11 is 12.3. The molecule has 7 nitrogen and oxygen atoms in total. The molecular formula is C25H27Cl2N3O4S. The fraction of sp³-hybridized carbons (Fsp3) is 0.280. The van der Waals surface area contributed by atoms with E-state index in [0.717, 1.165) is 15.1 Å². The molecule has 0 aliphatic carbocycles. The Morgan fingerprint density at radius 3 is 2.31 bits per heavy atom. The molecule has 1 atom stereocenters. The Balaban J connectivity index is 1.90. The van der Waals surface area contributed by atoms with Crippen molar-refractivity contribution in [3.63, 3.8) is 0 Å². The Hall–Kier alpha value is -2.65. The highest BCUT2D eigenvalue weighted by atomic mass is 35.5. The molecule has 0 saturated carbocycles. The van der Waals surface area contributed by atoms with E-state index in [0.29, 0.717) is 22.0 Å². The molecule has 3 aromatic rings. The van der Waals surface area contributed by atoms with Crippen molar-refractivity contribution >= 4 is 55.8 Å². The highest BCUT2D eigenvalue weighted by Gasteiger charge is 2.31. The van der Waals surface area contributed by atoms with E-state index >= 15 is 0 Å². The summed E-state index contributed by atoms with van der Waals surface area (Å²) in [4.78, 5) is 27.4. The summed E-state index contributed by atoms with van der Waals surface area (Å²) in [5, 5.41) is 5.04. The van der Waals surface area contributed by atoms with Gasteiger partial charge in [0.25, 0.3) is 0 Å². The molecule has 0 aromatic heterocycles. The summed E-state index contributed by atoms with van der Waals surface area (Å²) in [6, 6.07) is 16.3. The van der Waals surface area contributed by atoms with Crippen molar-refractivity contribution in [1.82, 2.24) is 14.5 Å². The first kappa shape index (κ1) is 26.9. The fourth-order valence-electron chi connectivity index (χ4n) is 3.79. The van der Waals surface area contributed by atoms with Crippen LogP contribution in [0.15, 0.2) is 65.6 Å². The average Bonchev–Trinajstić information content (AvgIpc) is 2.84. The van der Waals surface area contributed by atoms with E-state index in [1.807, 2.05) is 24.3 Å². The van der Waals surface area contributed by atoms with Gasteiger partial charge in [0.2, 0.25) is 21.8 Å². The lowest BCUT2D eigenvalue weighted by molar-refractivity contribution is -0.141. The second kappa shape index (κ2) is 11.4. The zero-order valence-corrected chi connectivity index (χ0v) is 22.0. The number of halogens is 2. The number of nitrogens with one attached hydrogen (secondary N) is 1. The molecule has 3 aromatic carbocycles. The minimum Gasteiger partial charge on any atom is -0.357 e. The Kier molecular flexibility index (Phi) is 8.77. The largest absolute Gasteiger partial charge is 0.357 e. The maximum absolute atomic E-state index is 13.4. The van der Waals surface area contributed by atoms with Crippen LogP contribution in [0.25, 0.3) is 10.8 Å². The van der Waals surface area contributed by atoms with Crippen LogP contribution in [0.5, 0.6) is 0 Å². The number of sulfonamides is 1. The van der Waals surface area contributed by atoms with Crippen LogP contribution in [0.1, 0.15) is 18.9 Å². The molecule has 0 radical (unpaired) electrons. The van der Waals surface area contributed by atoms with E-state index in [1.165, 1.54) is 25.1 Å². The molecule has 0 heterocycles. The molecule has 186 valence electrons. The number of carbonyl (C=O) groups excluding carboxylic acids is 2. The standard InChI is InChI=1S/C25H27Cl2N3O4S/c1-4-23(25(32)28-2)30(15-19-9-11-20(26)14-22(19)27)24(31)16-29(3)35(33,34)21-12-10-17-7-5-6-8-18(17)13-21/h5-14,23H,4,15-16H2,1-3H3,(H,28,32). The van der Waals surface area contributed by atoms with E-state index < -0.39 is 28.5 Å². The Morgan fingerprint density at radius 2 is 1.69 bits per heavy atom. The van der Waals surface area contributed by atoms with Crippen molar-refractivity contribution in [2.75, 3.05) is 20.6 Å². The lowest BCUT2D eigenvalue weighted by Crippen LogP contribution is -2.51. The molecular weight excluding hydrogens is 509 g/mol. The number of benzene rings is 3. The average molecular weight is 536 g/mol. The summed E-state index contributed by atoms with van der Waals surface area (Å²) in [7, 11) is -1.13. The van der Waals surface area contributed by atoms with Crippen LogP contribution in [0.2, 0.25) is 10.0 Å². The van der Waals surface area contributed by atoms with E-state index in [-0.39, 0.29) is 17.3 Å². The number of hydrogen-bond acceptors (Lipinski definition) is 4. The van der Waals surface area contributed by atoms with Crippen LogP contribution >= 0.6 is 23.2 Å². The second-order valence-electron chi connectivity index (χ2n) is 8.07. The normalized spacial score (nSPS) is 12.5. The number of rotatable bonds is 9. The first-order valence-electron chi connectivity index (χ1n) is 11.0. The van der Waals surface area contributed by atoms with E-state index in [4.69, 9.17) is 23.2 Å². The van der Waals surface area contributed by atoms with Gasteiger partial charge in [-0.05, 0) is 47.0 Å². The van der Waals surface area contributed by atoms with Crippen molar-refractivity contribution in [2.24, 2.45) is 0 Å². The minimum atomic E-state index is -3.96. The predicted molar refractivity (Wildman–Crippen MR) is 139 cm³/mol. The SMILES string of the molecule is CCC(C(=O)NC)N(Cc1ccc(Cl)cc1Cl)C(=O)CN(C)S(=O)(=O)c1ccc2ccccc2c1. The van der Waals surface area contributed by atoms with Gasteiger partial charge < -0.3 is 10.2 Å². The summed E-state index contributed by atoms with van der Waals surface area (Å²) in [6.45, 7) is 1.34. The molecule has 10 heteroatoms. The van der Waals surface area contributed by atoms with Crippen LogP contribution in [0.3, 0.4) is 0 Å². The van der Waals surface area contributed by atoms with Crippen molar-refractivity contribution in [3.05, 3.63) is 76.3 Å². The summed E-state index contributed by atoms with van der Waals surface area (Å²) in [5.41, 5.74) is 0.590. The zero-order chi connectivity index (χ0) is 25.8. The molecule has 35 heavy (non-hydrogen) atoms. The quantitative estimate of drug-likeness (QED) is 0.442. The monoisotopic (exact) mass is 535 g/mol. The first-order valence-corrected chi connectivity index (χ1v) is 13.2. The van der Waals surface area contributed by atoms with Crippen LogP contribution in [-0.4, -0.2) is 56.1 Å². The van der Waals surface area contributed by atoms with E-state index in [2.05, 4.69) is 5.32 Å². The number of likely N-dealkylation sites (N-methyl/N-ethyl adjacent to an activating group) is 2. The number of carbonyl (C=O) groups is 2. The predicted octanol–water partition coefficient (Wildman–Crippen LogP) is 4.32. The van der Waals surface area contributed by atoms with Crippen LogP contribution < -0.4 is 5.32 Å². The molecule has 0 spiro atoms. The first-order chi connectivity index (χ1) is 16.6. The highest BCUT2D eigenvalue weighted by molar-refractivity contribution is 7.89. The summed E-state index contributed by atoms with van der Waals surface area (Å²) < 4.78 is 27.5. The molecule has 0 aliphatic heterocycles. The third-order valence-electron chi connectivity index (χ3n) is 5.78. The van der Waals surface area contributed by atoms with Crippen LogP contribution in [0, 0.1) is 0 Å². The minimum absolute atomic E-state index is 0.0185. The van der Waals surface area contributed by atoms with Gasteiger partial charge in [-0.2, -0.15) is 4.31 Å². The lowest BCUT2D eigenvalue weighted by Gasteiger charge is -2.31. The molecule has 0 saturated heterocycles. The van der Waals surface area contributed by atoms with Gasteiger partial charge in [0, 0.05) is 30.7 Å². The van der Waals surface area contributed by atoms with Gasteiger partial charge in [0.1, 0.15) is 6.04 Å². The van der Waals surface area contributed by atoms with Gasteiger partial charge in [0.05, 0.1) is 11.4 Å². The third kappa shape index (κ3) is 6.13. The fourth-order valence-corrected chi connectivity index (χ4v) is 5.42. The molecule has 3 rings (SSSR count). The van der Waals surface area contributed by atoms with E-state index in [9.17, 15) is 18.0 Å². The number of hydrogen-bond donors (Lipinski definition) is 1. The van der Waals surface area contributed by atoms with Crippen molar-refractivity contribution in [3.8, 4) is 0 Å². The van der Waals surface area contributed by atoms with Crippen LogP contribution in [0.4, 0.5) is 0 Å². The number of fused-ring (bicyclic) bond motifs is 1. The number of nitrogens with zero attached hydrogens (tertiary/aromatic N) is 2. The smallest absolute Gasteiger partial charge is 0.243 e. The Bertz CT molecular complexity index is 1350. The molecule has 1 N–H and O–H groups in total. The molecule has 1 unspecified atom stereocenters. The van der Waals surface area contributed by atoms with Gasteiger partial charge in [-0.15, -0.1) is 0 Å². The van der Waals surface area contributed by atoms with Gasteiger partial charge in [-0.3, -0.25) is 9.59 Å². The molecule has 0 bridgehead atoms. The Labute approximate surface area is 215 Å². The number of amides is 2. The zero-order valence-electron chi connectivity index (χ0n) is 19.7. The third-order valence-corrected chi connectivity index (χ3v) is 8.16. The molecule has 0 aliphatic rings. The van der Waals surface area contributed by atoms with Crippen molar-refractivity contribution in [2.45, 2.75) is 30.8 Å². The van der Waals surface area contributed by atoms with Gasteiger partial charge in [-0.25, -0.2) is 8.42 Å². The molecule has 0 fully saturated rings. The van der Waals surface area contributed by atoms with Crippen LogP contribution in [-0.2, 0) is 26.2 Å². The summed E-state index contributed by atoms with van der Waals surface area (Å²) in [5.74, 6) is -0.885. The Morgan fingerprint density at radius 1 is 1.00 bits per heavy atom. The van der Waals surface area contributed by atoms with Gasteiger partial charge in [0.15, 0.2) is 0 Å². The maximum atomic E-state index is 13.4. The maximum Gasteiger partial charge on any atom is 0.243 e. The lowest BCUT2D eigenvalue weighted by atomic mass is 10.1. The molecule has 2 amide bonds. The van der Waals surface area contributed by atoms with E-state index in [1.54, 1.807) is 37.3 Å². The van der Waals surface area contributed by atoms with Gasteiger partial charge in [-0.1, -0.05) is 66.5 Å². The highest BCUT2D eigenvalue weighted by Crippen LogP contribution is 2.25. The van der Waals surface area contributed by atoms with Crippen molar-refractivity contribution < 1.29 is 18.0 Å². The summed E-state index contributed by atoms with van der Waals surface area (Å²) in [6.07, 6.45) is 0.331. The van der Waals surface area contributed by atoms with Crippen molar-refractivity contribution in [1.29, 1.82) is 0 Å².